The highest BCUT2D eigenvalue weighted by molar-refractivity contribution is 7.89. The molecule has 2 aliphatic heterocycles. The number of ether oxygens (including phenoxy) is 2. The molecule has 18 nitrogen and oxygen atoms in total. The van der Waals surface area contributed by atoms with Gasteiger partial charge in [0.05, 0.1) is 54.8 Å². The number of rotatable bonds is 24. The molecule has 7 rings (SSSR count). The van der Waals surface area contributed by atoms with E-state index in [0.717, 1.165) is 44.5 Å². The van der Waals surface area contributed by atoms with Gasteiger partial charge >= 0.3 is 0 Å². The molecule has 4 N–H and O–H groups in total. The summed E-state index contributed by atoms with van der Waals surface area (Å²) in [5.74, 6) is -0.194. The van der Waals surface area contributed by atoms with Crippen molar-refractivity contribution in [3.63, 3.8) is 0 Å². The molecule has 3 heterocycles. The van der Waals surface area contributed by atoms with E-state index in [1.165, 1.54) is 17.0 Å². The molecular weight excluding hydrogens is 973 g/mol. The molecule has 1 aliphatic carbocycles. The highest BCUT2D eigenvalue weighted by atomic mass is 32.2. The molecule has 0 saturated carbocycles. The van der Waals surface area contributed by atoms with Crippen molar-refractivity contribution in [2.24, 2.45) is 0 Å². The van der Waals surface area contributed by atoms with Gasteiger partial charge in [-0.2, -0.15) is 8.42 Å². The van der Waals surface area contributed by atoms with Crippen molar-refractivity contribution < 1.29 is 49.8 Å². The Morgan fingerprint density at radius 1 is 0.781 bits per heavy atom. The van der Waals surface area contributed by atoms with Gasteiger partial charge in [0.25, 0.3) is 16.0 Å². The van der Waals surface area contributed by atoms with Crippen LogP contribution in [0.5, 0.6) is 0 Å². The van der Waals surface area contributed by atoms with Crippen molar-refractivity contribution in [1.29, 1.82) is 0 Å². The number of aromatic nitrogens is 1. The van der Waals surface area contributed by atoms with E-state index < -0.39 is 25.0 Å². The Balaban J connectivity index is 0.756. The number of pyridine rings is 1. The summed E-state index contributed by atoms with van der Waals surface area (Å²) in [6.45, 7) is 11.7. The minimum absolute atomic E-state index is 0.0648. The average molecular weight is 1040 g/mol. The predicted molar refractivity (Wildman–Crippen MR) is 280 cm³/mol. The van der Waals surface area contributed by atoms with Gasteiger partial charge in [0.1, 0.15) is 18.0 Å². The Kier molecular flexibility index (Phi) is 19.5. The van der Waals surface area contributed by atoms with Crippen molar-refractivity contribution in [3.05, 3.63) is 138 Å². The van der Waals surface area contributed by atoms with Gasteiger partial charge in [-0.25, -0.2) is 22.7 Å². The van der Waals surface area contributed by atoms with Crippen LogP contribution >= 0.6 is 0 Å². The number of carbonyl (C=O) groups excluding carboxylic acids is 3. The molecular formula is C53H65N8O10S2+. The predicted octanol–water partition coefficient (Wildman–Crippen LogP) is 5.29. The third kappa shape index (κ3) is 14.7. The van der Waals surface area contributed by atoms with E-state index in [1.54, 1.807) is 42.6 Å². The lowest BCUT2D eigenvalue weighted by Crippen LogP contribution is -2.50. The molecule has 388 valence electrons. The fourth-order valence-electron chi connectivity index (χ4n) is 8.87. The van der Waals surface area contributed by atoms with Crippen LogP contribution in [0.4, 0.5) is 17.2 Å². The Labute approximate surface area is 428 Å². The SMILES string of the molecule is CC[N+](CC)=C1C=CC(=C(c2ccccc2)c2ccc(S(=O)(=O)NCCCCCC(=O)NCCOCCOCCN3CCN(CC(=O)N4c5ccccc5C(=O)Nc5cccnc54)CC3)cc2S(=O)(=O)O)C=C1. The standard InChI is InChI=1S/C53H64N8O10S2/c1-3-60(4-2)42-22-20-41(21-23-42)51(40-14-7-5-8-15-40)45-25-24-43(38-48(45)73(67,68)69)72(65,66)56-27-12-6-9-19-49(62)54-28-34-70-36-37-71-35-33-58-29-31-59(32-30-58)39-50(63)61-47-18-11-10-16-44(47)53(64)57-46-17-13-26-55-52(46)61/h5,7-8,10-11,13-18,20-26,38,56H,3-4,6,9,12,19,27-37,39H2,1-2H3,(H2-,54,57,62,64,67,68,69)/p+1. The lowest BCUT2D eigenvalue weighted by Gasteiger charge is -2.35. The first kappa shape index (κ1) is 54.5. The summed E-state index contributed by atoms with van der Waals surface area (Å²) in [6, 6.07) is 23.4. The number of amides is 3. The molecule has 3 aromatic carbocycles. The van der Waals surface area contributed by atoms with Gasteiger partial charge in [-0.3, -0.25) is 33.6 Å². The highest BCUT2D eigenvalue weighted by Crippen LogP contribution is 2.37. The van der Waals surface area contributed by atoms with Gasteiger partial charge < -0.3 is 20.1 Å². The lowest BCUT2D eigenvalue weighted by molar-refractivity contribution is -0.519. The van der Waals surface area contributed by atoms with Crippen LogP contribution in [0.15, 0.2) is 131 Å². The summed E-state index contributed by atoms with van der Waals surface area (Å²) >= 11 is 0. The van der Waals surface area contributed by atoms with Gasteiger partial charge in [-0.1, -0.05) is 55.0 Å². The van der Waals surface area contributed by atoms with Crippen LogP contribution in [0.1, 0.15) is 61.0 Å². The van der Waals surface area contributed by atoms with Crippen molar-refractivity contribution >= 4 is 66.3 Å². The van der Waals surface area contributed by atoms with Gasteiger partial charge in [-0.05, 0) is 91.9 Å². The van der Waals surface area contributed by atoms with Crippen LogP contribution < -0.4 is 20.3 Å². The van der Waals surface area contributed by atoms with Gasteiger partial charge in [0, 0.05) is 76.1 Å². The molecule has 0 bridgehead atoms. The molecule has 3 amide bonds. The van der Waals surface area contributed by atoms with Crippen LogP contribution in [0.2, 0.25) is 0 Å². The zero-order valence-corrected chi connectivity index (χ0v) is 43.0. The molecule has 1 aromatic heterocycles. The van der Waals surface area contributed by atoms with Crippen molar-refractivity contribution in [2.75, 3.05) is 102 Å². The van der Waals surface area contributed by atoms with E-state index in [9.17, 15) is 35.8 Å². The third-order valence-electron chi connectivity index (χ3n) is 12.7. The first-order valence-electron chi connectivity index (χ1n) is 24.7. The largest absolute Gasteiger partial charge is 0.378 e. The first-order valence-corrected chi connectivity index (χ1v) is 27.6. The monoisotopic (exact) mass is 1040 g/mol. The van der Waals surface area contributed by atoms with Crippen LogP contribution in [-0.2, 0) is 39.2 Å². The molecule has 0 atom stereocenters. The second-order valence-corrected chi connectivity index (χ2v) is 20.7. The molecule has 0 radical (unpaired) electrons. The van der Waals surface area contributed by atoms with Crippen molar-refractivity contribution in [2.45, 2.75) is 49.3 Å². The zero-order valence-electron chi connectivity index (χ0n) is 41.4. The van der Waals surface area contributed by atoms with Crippen molar-refractivity contribution in [3.8, 4) is 0 Å². The average Bonchev–Trinajstić information content (AvgIpc) is 3.51. The number of fused-ring (bicyclic) bond motifs is 2. The number of allylic oxidation sites excluding steroid dienone is 5. The Hall–Kier alpha value is -6.23. The normalized spacial score (nSPS) is 15.1. The topological polar surface area (TPSA) is 220 Å². The molecule has 0 unspecified atom stereocenters. The number of benzene rings is 3. The number of nitrogens with one attached hydrogen (secondary N) is 3. The number of sulfonamides is 1. The van der Waals surface area contributed by atoms with Crippen LogP contribution in [-0.4, -0.2) is 156 Å². The Bertz CT molecular complexity index is 2930. The molecule has 1 saturated heterocycles. The quantitative estimate of drug-likeness (QED) is 0.0399. The maximum absolute atomic E-state index is 13.8. The molecule has 3 aliphatic rings. The number of hydrogen-bond acceptors (Lipinski definition) is 12. The van der Waals surface area contributed by atoms with Gasteiger partial charge in [0.15, 0.2) is 11.5 Å². The minimum atomic E-state index is -4.87. The van der Waals surface area contributed by atoms with Crippen LogP contribution in [0, 0.1) is 0 Å². The Morgan fingerprint density at radius 2 is 1.48 bits per heavy atom. The fraction of sp³-hybridized carbons (Fsp3) is 0.377. The molecule has 0 spiro atoms. The zero-order chi connectivity index (χ0) is 51.8. The number of piperazine rings is 1. The number of para-hydroxylation sites is 1. The fourth-order valence-corrected chi connectivity index (χ4v) is 10.8. The van der Waals surface area contributed by atoms with Crippen LogP contribution in [0.25, 0.3) is 5.57 Å². The Morgan fingerprint density at radius 3 is 2.21 bits per heavy atom. The maximum atomic E-state index is 13.8. The van der Waals surface area contributed by atoms with Gasteiger partial charge in [-0.15, -0.1) is 0 Å². The van der Waals surface area contributed by atoms with E-state index in [2.05, 4.69) is 48.6 Å². The molecule has 4 aromatic rings. The van der Waals surface area contributed by atoms with Crippen LogP contribution in [0.3, 0.4) is 0 Å². The summed E-state index contributed by atoms with van der Waals surface area (Å²) in [5, 5.41) is 5.70. The number of hydrogen-bond donors (Lipinski definition) is 4. The number of carbonyl (C=O) groups is 3. The number of anilines is 3. The van der Waals surface area contributed by atoms with E-state index >= 15 is 0 Å². The summed E-state index contributed by atoms with van der Waals surface area (Å²) < 4.78 is 79.0. The lowest BCUT2D eigenvalue weighted by atomic mass is 9.91. The maximum Gasteiger partial charge on any atom is 0.295 e. The van der Waals surface area contributed by atoms with Crippen molar-refractivity contribution in [1.82, 2.24) is 24.8 Å². The smallest absolute Gasteiger partial charge is 0.295 e. The highest BCUT2D eigenvalue weighted by Gasteiger charge is 2.32. The van der Waals surface area contributed by atoms with E-state index in [0.29, 0.717) is 105 Å². The van der Waals surface area contributed by atoms with E-state index in [1.807, 2.05) is 54.6 Å². The second-order valence-electron chi connectivity index (χ2n) is 17.6. The first-order chi connectivity index (χ1) is 35.3. The summed E-state index contributed by atoms with van der Waals surface area (Å²) in [7, 11) is -9.03. The third-order valence-corrected chi connectivity index (χ3v) is 15.1. The summed E-state index contributed by atoms with van der Waals surface area (Å²) in [4.78, 5) is 48.6. The van der Waals surface area contributed by atoms with E-state index in [-0.39, 0.29) is 47.7 Å². The molecule has 1 fully saturated rings. The summed E-state index contributed by atoms with van der Waals surface area (Å²) in [6.07, 6.45) is 11.1. The minimum Gasteiger partial charge on any atom is -0.378 e. The summed E-state index contributed by atoms with van der Waals surface area (Å²) in [5.41, 5.74) is 4.45. The number of nitrogens with zero attached hydrogens (tertiary/aromatic N) is 5. The van der Waals surface area contributed by atoms with E-state index in [4.69, 9.17) is 9.47 Å². The van der Waals surface area contributed by atoms with Gasteiger partial charge in [0.2, 0.25) is 21.8 Å². The second kappa shape index (κ2) is 26.1. The molecule has 20 heteroatoms. The number of unbranched alkanes of at least 4 members (excludes halogenated alkanes) is 2. The molecule has 73 heavy (non-hydrogen) atoms.